The highest BCUT2D eigenvalue weighted by Crippen LogP contribution is 2.33. The van der Waals surface area contributed by atoms with E-state index in [1.54, 1.807) is 24.1 Å². The number of halogens is 1. The fourth-order valence-corrected chi connectivity index (χ4v) is 3.65. The molecule has 6 nitrogen and oxygen atoms in total. The van der Waals surface area contributed by atoms with Crippen molar-refractivity contribution in [2.24, 2.45) is 0 Å². The van der Waals surface area contributed by atoms with Gasteiger partial charge in [0, 0.05) is 17.4 Å². The number of fused-ring (bicyclic) bond motifs is 1. The van der Waals surface area contributed by atoms with E-state index in [4.69, 9.17) is 16.3 Å². The zero-order valence-electron chi connectivity index (χ0n) is 15.5. The van der Waals surface area contributed by atoms with Gasteiger partial charge in [-0.15, -0.1) is 0 Å². The van der Waals surface area contributed by atoms with E-state index in [1.165, 1.54) is 18.0 Å². The molecular formula is C21H19ClN4O2. The third-order valence-corrected chi connectivity index (χ3v) is 5.02. The standard InChI is InChI=1S/C21H19ClN4O2/c1-13-9-14-5-3-4-6-18(14)26(13)21(27)17-11-24-20(12-23-17)25-15-7-8-19(28-2)16(22)10-15/h3-8,10-13H,9H2,1-2H3,(H,24,25). The van der Waals surface area contributed by atoms with Gasteiger partial charge in [0.15, 0.2) is 0 Å². The number of carbonyl (C=O) groups is 1. The van der Waals surface area contributed by atoms with E-state index >= 15 is 0 Å². The quantitative estimate of drug-likeness (QED) is 0.707. The van der Waals surface area contributed by atoms with Crippen LogP contribution in [-0.4, -0.2) is 29.0 Å². The Balaban J connectivity index is 1.52. The number of methoxy groups -OCH3 is 1. The van der Waals surface area contributed by atoms with Gasteiger partial charge < -0.3 is 15.0 Å². The summed E-state index contributed by atoms with van der Waals surface area (Å²) in [6.07, 6.45) is 3.87. The third kappa shape index (κ3) is 3.39. The summed E-state index contributed by atoms with van der Waals surface area (Å²) in [5.74, 6) is 0.968. The van der Waals surface area contributed by atoms with Crippen molar-refractivity contribution in [3.05, 3.63) is 71.1 Å². The van der Waals surface area contributed by atoms with Gasteiger partial charge in [-0.25, -0.2) is 9.97 Å². The number of para-hydroxylation sites is 1. The molecule has 1 aromatic heterocycles. The average molecular weight is 395 g/mol. The average Bonchev–Trinajstić information content (AvgIpc) is 3.04. The van der Waals surface area contributed by atoms with Crippen LogP contribution in [0.15, 0.2) is 54.9 Å². The first-order chi connectivity index (χ1) is 13.6. The zero-order chi connectivity index (χ0) is 19.7. The van der Waals surface area contributed by atoms with E-state index in [-0.39, 0.29) is 11.9 Å². The van der Waals surface area contributed by atoms with Crippen molar-refractivity contribution in [2.45, 2.75) is 19.4 Å². The van der Waals surface area contributed by atoms with Crippen molar-refractivity contribution >= 4 is 34.7 Å². The summed E-state index contributed by atoms with van der Waals surface area (Å²) < 4.78 is 5.14. The molecule has 0 bridgehead atoms. The van der Waals surface area contributed by atoms with E-state index in [0.29, 0.717) is 22.3 Å². The number of anilines is 3. The highest BCUT2D eigenvalue weighted by molar-refractivity contribution is 6.32. The van der Waals surface area contributed by atoms with Crippen molar-refractivity contribution in [2.75, 3.05) is 17.3 Å². The third-order valence-electron chi connectivity index (χ3n) is 4.72. The fourth-order valence-electron chi connectivity index (χ4n) is 3.39. The van der Waals surface area contributed by atoms with Gasteiger partial charge in [0.05, 0.1) is 24.5 Å². The van der Waals surface area contributed by atoms with Gasteiger partial charge in [0.2, 0.25) is 0 Å². The van der Waals surface area contributed by atoms with Gasteiger partial charge >= 0.3 is 0 Å². The first kappa shape index (κ1) is 18.3. The second-order valence-corrected chi connectivity index (χ2v) is 7.03. The van der Waals surface area contributed by atoms with E-state index in [1.807, 2.05) is 31.2 Å². The molecule has 0 saturated heterocycles. The largest absolute Gasteiger partial charge is 0.495 e. The molecule has 7 heteroatoms. The van der Waals surface area contributed by atoms with Crippen LogP contribution in [0.2, 0.25) is 5.02 Å². The molecule has 1 N–H and O–H groups in total. The Morgan fingerprint density at radius 3 is 2.75 bits per heavy atom. The van der Waals surface area contributed by atoms with Crippen LogP contribution in [0, 0.1) is 0 Å². The summed E-state index contributed by atoms with van der Waals surface area (Å²) in [5.41, 5.74) is 3.17. The molecule has 1 aliphatic heterocycles. The van der Waals surface area contributed by atoms with Crippen LogP contribution in [0.25, 0.3) is 0 Å². The number of carbonyl (C=O) groups excluding carboxylic acids is 1. The van der Waals surface area contributed by atoms with Gasteiger partial charge in [0.1, 0.15) is 17.3 Å². The van der Waals surface area contributed by atoms with Crippen molar-refractivity contribution in [1.82, 2.24) is 9.97 Å². The summed E-state index contributed by atoms with van der Waals surface area (Å²) in [6.45, 7) is 2.04. The highest BCUT2D eigenvalue weighted by Gasteiger charge is 2.31. The Labute approximate surface area is 168 Å². The number of benzene rings is 2. The van der Waals surface area contributed by atoms with E-state index < -0.39 is 0 Å². The van der Waals surface area contributed by atoms with Crippen LogP contribution in [-0.2, 0) is 6.42 Å². The Morgan fingerprint density at radius 1 is 1.21 bits per heavy atom. The molecule has 1 atom stereocenters. The molecule has 1 aliphatic rings. The number of hydrogen-bond acceptors (Lipinski definition) is 5. The maximum atomic E-state index is 13.0. The second-order valence-electron chi connectivity index (χ2n) is 6.62. The van der Waals surface area contributed by atoms with Crippen LogP contribution >= 0.6 is 11.6 Å². The van der Waals surface area contributed by atoms with Gasteiger partial charge in [-0.3, -0.25) is 4.79 Å². The minimum absolute atomic E-state index is 0.0888. The Morgan fingerprint density at radius 2 is 2.04 bits per heavy atom. The molecule has 0 fully saturated rings. The fraction of sp³-hybridized carbons (Fsp3) is 0.190. The lowest BCUT2D eigenvalue weighted by Gasteiger charge is -2.22. The Bertz CT molecular complexity index is 1020. The van der Waals surface area contributed by atoms with Crippen LogP contribution in [0.3, 0.4) is 0 Å². The van der Waals surface area contributed by atoms with Crippen LogP contribution in [0.5, 0.6) is 5.75 Å². The molecule has 28 heavy (non-hydrogen) atoms. The van der Waals surface area contributed by atoms with Gasteiger partial charge in [-0.1, -0.05) is 29.8 Å². The number of rotatable bonds is 4. The molecular weight excluding hydrogens is 376 g/mol. The van der Waals surface area contributed by atoms with E-state index in [9.17, 15) is 4.79 Å². The molecule has 0 saturated carbocycles. The summed E-state index contributed by atoms with van der Waals surface area (Å²) in [4.78, 5) is 23.4. The smallest absolute Gasteiger partial charge is 0.278 e. The normalized spacial score (nSPS) is 15.2. The molecule has 2 aromatic carbocycles. The zero-order valence-corrected chi connectivity index (χ0v) is 16.3. The maximum Gasteiger partial charge on any atom is 0.278 e. The molecule has 1 unspecified atom stereocenters. The van der Waals surface area contributed by atoms with Gasteiger partial charge in [0.25, 0.3) is 5.91 Å². The molecule has 142 valence electrons. The molecule has 0 radical (unpaired) electrons. The number of nitrogens with zero attached hydrogens (tertiary/aromatic N) is 3. The first-order valence-electron chi connectivity index (χ1n) is 8.91. The second kappa shape index (κ2) is 7.48. The predicted molar refractivity (Wildman–Crippen MR) is 110 cm³/mol. The Kier molecular flexibility index (Phi) is 4.88. The summed E-state index contributed by atoms with van der Waals surface area (Å²) in [6, 6.07) is 13.4. The van der Waals surface area contributed by atoms with E-state index in [2.05, 4.69) is 21.4 Å². The maximum absolute atomic E-state index is 13.0. The highest BCUT2D eigenvalue weighted by atomic mass is 35.5. The van der Waals surface area contributed by atoms with Crippen molar-refractivity contribution in [1.29, 1.82) is 0 Å². The number of ether oxygens (including phenoxy) is 1. The monoisotopic (exact) mass is 394 g/mol. The van der Waals surface area contributed by atoms with Gasteiger partial charge in [-0.2, -0.15) is 0 Å². The van der Waals surface area contributed by atoms with Crippen LogP contribution in [0.4, 0.5) is 17.2 Å². The molecule has 4 rings (SSSR count). The number of aromatic nitrogens is 2. The molecule has 0 spiro atoms. The molecule has 0 aliphatic carbocycles. The Hall–Kier alpha value is -3.12. The lowest BCUT2D eigenvalue weighted by Crippen LogP contribution is -2.36. The lowest BCUT2D eigenvalue weighted by atomic mass is 10.1. The molecule has 3 aromatic rings. The SMILES string of the molecule is COc1ccc(Nc2cnc(C(=O)N3c4ccccc4CC3C)cn2)cc1Cl. The lowest BCUT2D eigenvalue weighted by molar-refractivity contribution is 0.0976. The molecule has 2 heterocycles. The van der Waals surface area contributed by atoms with Crippen molar-refractivity contribution < 1.29 is 9.53 Å². The number of amides is 1. The number of hydrogen-bond donors (Lipinski definition) is 1. The molecule has 1 amide bonds. The minimum Gasteiger partial charge on any atom is -0.495 e. The minimum atomic E-state index is -0.149. The first-order valence-corrected chi connectivity index (χ1v) is 9.28. The van der Waals surface area contributed by atoms with E-state index in [0.717, 1.165) is 17.8 Å². The van der Waals surface area contributed by atoms with Gasteiger partial charge in [-0.05, 0) is 43.2 Å². The van der Waals surface area contributed by atoms with Crippen LogP contribution in [0.1, 0.15) is 23.0 Å². The summed E-state index contributed by atoms with van der Waals surface area (Å²) in [7, 11) is 1.56. The topological polar surface area (TPSA) is 67.3 Å². The van der Waals surface area contributed by atoms with Crippen LogP contribution < -0.4 is 15.0 Å². The van der Waals surface area contributed by atoms with Crippen molar-refractivity contribution in [3.8, 4) is 5.75 Å². The summed E-state index contributed by atoms with van der Waals surface area (Å²) in [5, 5.41) is 3.61. The number of nitrogens with one attached hydrogen (secondary N) is 1. The predicted octanol–water partition coefficient (Wildman–Crippen LogP) is 4.47. The summed E-state index contributed by atoms with van der Waals surface area (Å²) >= 11 is 6.14. The van der Waals surface area contributed by atoms with Crippen molar-refractivity contribution in [3.63, 3.8) is 0 Å².